The van der Waals surface area contributed by atoms with Crippen molar-refractivity contribution in [3.63, 3.8) is 0 Å². The fourth-order valence-corrected chi connectivity index (χ4v) is 3.40. The van der Waals surface area contributed by atoms with Gasteiger partial charge in [-0.2, -0.15) is 5.10 Å². The van der Waals surface area contributed by atoms with Crippen molar-refractivity contribution in [1.82, 2.24) is 24.7 Å². The first-order valence-electron chi connectivity index (χ1n) is 10.8. The van der Waals surface area contributed by atoms with Gasteiger partial charge in [0, 0.05) is 55.8 Å². The Balaban J connectivity index is 1.36. The minimum Gasteiger partial charge on any atom is -0.324 e. The number of amides is 1. The third-order valence-electron chi connectivity index (χ3n) is 5.26. The number of pyridine rings is 1. The fourth-order valence-electron chi connectivity index (χ4n) is 3.40. The van der Waals surface area contributed by atoms with Gasteiger partial charge in [-0.3, -0.25) is 14.5 Å². The number of aryl methyl sites for hydroxylation is 1. The predicted octanol–water partition coefficient (Wildman–Crippen LogP) is 4.64. The van der Waals surface area contributed by atoms with Crippen molar-refractivity contribution >= 4 is 11.6 Å². The topological polar surface area (TPSA) is 85.6 Å². The first kappa shape index (κ1) is 23.2. The molecule has 0 unspecified atom stereocenters. The van der Waals surface area contributed by atoms with Crippen LogP contribution >= 0.6 is 0 Å². The lowest BCUT2D eigenvalue weighted by atomic mass is 10.0. The Morgan fingerprint density at radius 2 is 1.74 bits per heavy atom. The zero-order valence-corrected chi connectivity index (χ0v) is 18.9. The highest BCUT2D eigenvalue weighted by Gasteiger charge is 2.25. The number of nitrogens with one attached hydrogen (secondary N) is 1. The largest absolute Gasteiger partial charge is 0.324 e. The van der Waals surface area contributed by atoms with Crippen LogP contribution in [0.1, 0.15) is 36.4 Å². The van der Waals surface area contributed by atoms with Crippen LogP contribution in [-0.4, -0.2) is 30.6 Å². The van der Waals surface area contributed by atoms with E-state index < -0.39 is 5.92 Å². The summed E-state index contributed by atoms with van der Waals surface area (Å²) in [4.78, 5) is 25.0. The average Bonchev–Trinajstić information content (AvgIpc) is 3.27. The lowest BCUT2D eigenvalue weighted by Crippen LogP contribution is -2.15. The quantitative estimate of drug-likeness (QED) is 0.412. The first-order chi connectivity index (χ1) is 16.3. The van der Waals surface area contributed by atoms with Gasteiger partial charge < -0.3 is 5.32 Å². The number of anilines is 1. The molecule has 7 nitrogen and oxygen atoms in total. The second-order valence-electron chi connectivity index (χ2n) is 8.04. The molecule has 3 heterocycles. The average molecular weight is 463 g/mol. The molecule has 0 bridgehead atoms. The van der Waals surface area contributed by atoms with Crippen molar-refractivity contribution < 1.29 is 13.6 Å². The van der Waals surface area contributed by atoms with E-state index >= 15 is 0 Å². The highest BCUT2D eigenvalue weighted by molar-refractivity contribution is 5.92. The molecule has 0 saturated heterocycles. The summed E-state index contributed by atoms with van der Waals surface area (Å²) >= 11 is 0. The van der Waals surface area contributed by atoms with Gasteiger partial charge >= 0.3 is 0 Å². The molecule has 0 aliphatic rings. The fraction of sp³-hybridized carbons (Fsp3) is 0.240. The van der Waals surface area contributed by atoms with Crippen molar-refractivity contribution in [2.45, 2.75) is 39.2 Å². The van der Waals surface area contributed by atoms with Crippen molar-refractivity contribution in [3.05, 3.63) is 90.0 Å². The number of carbonyl (C=O) groups is 1. The molecule has 3 aromatic heterocycles. The van der Waals surface area contributed by atoms with Crippen LogP contribution in [0.5, 0.6) is 0 Å². The molecule has 1 N–H and O–H groups in total. The molecule has 34 heavy (non-hydrogen) atoms. The summed E-state index contributed by atoms with van der Waals surface area (Å²) in [7, 11) is 0. The molecule has 174 valence electrons. The zero-order valence-electron chi connectivity index (χ0n) is 18.9. The van der Waals surface area contributed by atoms with Gasteiger partial charge in [0.25, 0.3) is 5.92 Å². The Morgan fingerprint density at radius 1 is 1.00 bits per heavy atom. The predicted molar refractivity (Wildman–Crippen MR) is 124 cm³/mol. The van der Waals surface area contributed by atoms with Gasteiger partial charge in [0.15, 0.2) is 0 Å². The van der Waals surface area contributed by atoms with Crippen LogP contribution in [0.25, 0.3) is 11.1 Å². The lowest BCUT2D eigenvalue weighted by Gasteiger charge is -2.12. The number of hydrogen-bond acceptors (Lipinski definition) is 5. The molecule has 1 aromatic carbocycles. The summed E-state index contributed by atoms with van der Waals surface area (Å²) in [5.74, 6) is -2.62. The van der Waals surface area contributed by atoms with Crippen LogP contribution < -0.4 is 5.32 Å². The van der Waals surface area contributed by atoms with E-state index in [4.69, 9.17) is 0 Å². The summed E-state index contributed by atoms with van der Waals surface area (Å²) in [5.41, 5.74) is 3.63. The molecule has 0 aliphatic heterocycles. The first-order valence-corrected chi connectivity index (χ1v) is 10.8. The third kappa shape index (κ3) is 5.86. The number of alkyl halides is 2. The molecule has 9 heteroatoms. The Kier molecular flexibility index (Phi) is 6.72. The maximum Gasteiger partial charge on any atom is 0.272 e. The van der Waals surface area contributed by atoms with E-state index in [1.54, 1.807) is 12.4 Å². The monoisotopic (exact) mass is 462 g/mol. The maximum atomic E-state index is 13.5. The third-order valence-corrected chi connectivity index (χ3v) is 5.26. The number of rotatable bonds is 8. The van der Waals surface area contributed by atoms with Crippen molar-refractivity contribution in [2.75, 3.05) is 5.32 Å². The Hall–Kier alpha value is -4.01. The molecular formula is C25H24F2N6O. The van der Waals surface area contributed by atoms with E-state index in [9.17, 15) is 13.6 Å². The van der Waals surface area contributed by atoms with Crippen LogP contribution in [0.15, 0.2) is 67.5 Å². The Morgan fingerprint density at radius 3 is 2.38 bits per heavy atom. The highest BCUT2D eigenvalue weighted by atomic mass is 19.3. The lowest BCUT2D eigenvalue weighted by molar-refractivity contribution is -0.115. The Labute approximate surface area is 195 Å². The summed E-state index contributed by atoms with van der Waals surface area (Å²) in [6, 6.07) is 8.71. The molecule has 0 fully saturated rings. The van der Waals surface area contributed by atoms with E-state index in [0.29, 0.717) is 12.2 Å². The number of carbonyl (C=O) groups excluding carboxylic acids is 1. The standard InChI is InChI=1S/C25H24F2N6O/c1-3-33-16-18(11-31-33)8-23-29-12-20(13-30-23)19-6-4-17(5-7-19)9-24(34)32-22-10-21(14-28-15-22)25(2,26)27/h4-7,10-16H,3,8-9H2,1-2H3,(H,32,34). The Bertz CT molecular complexity index is 1260. The molecule has 0 aliphatic carbocycles. The van der Waals surface area contributed by atoms with E-state index in [-0.39, 0.29) is 23.6 Å². The molecule has 0 radical (unpaired) electrons. The van der Waals surface area contributed by atoms with Gasteiger partial charge in [0.1, 0.15) is 5.82 Å². The summed E-state index contributed by atoms with van der Waals surface area (Å²) < 4.78 is 28.8. The normalized spacial score (nSPS) is 11.4. The van der Waals surface area contributed by atoms with Gasteiger partial charge in [-0.1, -0.05) is 24.3 Å². The highest BCUT2D eigenvalue weighted by Crippen LogP contribution is 2.27. The molecule has 0 saturated carbocycles. The van der Waals surface area contributed by atoms with Crippen LogP contribution in [-0.2, 0) is 30.1 Å². The van der Waals surface area contributed by atoms with Crippen LogP contribution in [0.3, 0.4) is 0 Å². The maximum absolute atomic E-state index is 13.5. The van der Waals surface area contributed by atoms with E-state index in [2.05, 4.69) is 25.4 Å². The van der Waals surface area contributed by atoms with E-state index in [1.165, 1.54) is 12.3 Å². The van der Waals surface area contributed by atoms with Gasteiger partial charge in [0.05, 0.1) is 24.5 Å². The molecule has 0 atom stereocenters. The summed E-state index contributed by atoms with van der Waals surface area (Å²) in [6.07, 6.45) is 10.5. The second kappa shape index (κ2) is 9.86. The summed E-state index contributed by atoms with van der Waals surface area (Å²) in [5, 5.41) is 6.88. The molecule has 4 aromatic rings. The summed E-state index contributed by atoms with van der Waals surface area (Å²) in [6.45, 7) is 3.64. The van der Waals surface area contributed by atoms with Gasteiger partial charge in [-0.05, 0) is 29.7 Å². The van der Waals surface area contributed by atoms with Gasteiger partial charge in [0.2, 0.25) is 5.91 Å². The molecule has 4 rings (SSSR count). The van der Waals surface area contributed by atoms with Crippen LogP contribution in [0.2, 0.25) is 0 Å². The minimum absolute atomic E-state index is 0.105. The van der Waals surface area contributed by atoms with Crippen molar-refractivity contribution in [1.29, 1.82) is 0 Å². The van der Waals surface area contributed by atoms with Crippen molar-refractivity contribution in [3.8, 4) is 11.1 Å². The van der Waals surface area contributed by atoms with E-state index in [0.717, 1.165) is 41.9 Å². The molecule has 0 spiro atoms. The van der Waals surface area contributed by atoms with Crippen LogP contribution in [0.4, 0.5) is 14.5 Å². The number of benzene rings is 1. The van der Waals surface area contributed by atoms with Gasteiger partial charge in [-0.25, -0.2) is 18.7 Å². The number of aromatic nitrogens is 5. The SMILES string of the molecule is CCn1cc(Cc2ncc(-c3ccc(CC(=O)Nc4cncc(C(C)(F)F)c4)cc3)cn2)cn1. The number of halogens is 2. The molecular weight excluding hydrogens is 438 g/mol. The van der Waals surface area contributed by atoms with Gasteiger partial charge in [-0.15, -0.1) is 0 Å². The number of hydrogen-bond donors (Lipinski definition) is 1. The second-order valence-corrected chi connectivity index (χ2v) is 8.04. The van der Waals surface area contributed by atoms with Crippen molar-refractivity contribution in [2.24, 2.45) is 0 Å². The van der Waals surface area contributed by atoms with Crippen LogP contribution in [0, 0.1) is 0 Å². The zero-order chi connectivity index (χ0) is 24.1. The number of nitrogens with zero attached hydrogens (tertiary/aromatic N) is 5. The smallest absolute Gasteiger partial charge is 0.272 e. The molecule has 1 amide bonds. The minimum atomic E-state index is -3.02. The van der Waals surface area contributed by atoms with E-state index in [1.807, 2.05) is 48.3 Å².